The Morgan fingerprint density at radius 1 is 0.900 bits per heavy atom. The molecule has 106 valence electrons. The van der Waals surface area contributed by atoms with Crippen molar-refractivity contribution in [3.63, 3.8) is 0 Å². The number of hydrogen-bond acceptors (Lipinski definition) is 2. The van der Waals surface area contributed by atoms with Gasteiger partial charge in [0, 0.05) is 26.4 Å². The van der Waals surface area contributed by atoms with E-state index in [1.54, 1.807) is 17.8 Å². The van der Waals surface area contributed by atoms with E-state index in [-0.39, 0.29) is 0 Å². The van der Waals surface area contributed by atoms with Gasteiger partial charge in [-0.2, -0.15) is 0 Å². The Morgan fingerprint density at radius 2 is 1.50 bits per heavy atom. The molecule has 0 aliphatic heterocycles. The highest BCUT2D eigenvalue weighted by Crippen LogP contribution is 2.37. The Kier molecular flexibility index (Phi) is 5.65. The van der Waals surface area contributed by atoms with E-state index in [0.29, 0.717) is 10.0 Å². The molecule has 0 fully saturated rings. The molecule has 5 heteroatoms. The van der Waals surface area contributed by atoms with Crippen LogP contribution in [-0.2, 0) is 6.54 Å². The van der Waals surface area contributed by atoms with E-state index < -0.39 is 0 Å². The van der Waals surface area contributed by atoms with Crippen molar-refractivity contribution in [2.24, 2.45) is 0 Å². The molecule has 0 atom stereocenters. The summed E-state index contributed by atoms with van der Waals surface area (Å²) < 4.78 is 0. The van der Waals surface area contributed by atoms with Crippen LogP contribution in [0.2, 0.25) is 15.1 Å². The fourth-order valence-electron chi connectivity index (χ4n) is 1.79. The molecule has 0 saturated heterocycles. The second kappa shape index (κ2) is 7.06. The van der Waals surface area contributed by atoms with Gasteiger partial charge in [0.2, 0.25) is 0 Å². The second-order valence-corrected chi connectivity index (χ2v) is 7.03. The summed E-state index contributed by atoms with van der Waals surface area (Å²) in [6.45, 7) is 0.827. The maximum atomic E-state index is 6.23. The van der Waals surface area contributed by atoms with Crippen LogP contribution < -0.4 is 0 Å². The van der Waals surface area contributed by atoms with Gasteiger partial charge in [0.25, 0.3) is 0 Å². The van der Waals surface area contributed by atoms with Gasteiger partial charge in [-0.3, -0.25) is 0 Å². The molecular formula is C15H14Cl3NS. The molecule has 0 unspecified atom stereocenters. The lowest BCUT2D eigenvalue weighted by atomic mass is 10.2. The smallest absolute Gasteiger partial charge is 0.0560 e. The Morgan fingerprint density at radius 3 is 2.10 bits per heavy atom. The minimum Gasteiger partial charge on any atom is -0.305 e. The molecule has 0 aliphatic rings. The molecule has 0 bridgehead atoms. The number of hydrogen-bond donors (Lipinski definition) is 0. The average Bonchev–Trinajstić information content (AvgIpc) is 2.34. The second-order valence-electron chi connectivity index (χ2n) is 4.67. The molecule has 2 aromatic rings. The van der Waals surface area contributed by atoms with Crippen molar-refractivity contribution in [1.82, 2.24) is 4.90 Å². The SMILES string of the molecule is CN(C)Cc1cc(Cl)ccc1Sc1ccc(Cl)cc1Cl. The molecule has 2 aromatic carbocycles. The van der Waals surface area contributed by atoms with E-state index in [9.17, 15) is 0 Å². The first-order chi connectivity index (χ1) is 9.45. The van der Waals surface area contributed by atoms with Crippen LogP contribution in [0.1, 0.15) is 5.56 Å². The van der Waals surface area contributed by atoms with E-state index >= 15 is 0 Å². The van der Waals surface area contributed by atoms with Crippen molar-refractivity contribution in [3.8, 4) is 0 Å². The molecule has 0 radical (unpaired) electrons. The van der Waals surface area contributed by atoms with Crippen LogP contribution in [-0.4, -0.2) is 19.0 Å². The standard InChI is InChI=1S/C15H14Cl3NS/c1-19(2)9-10-7-11(16)3-5-14(10)20-15-6-4-12(17)8-13(15)18/h3-8H,9H2,1-2H3. The minimum absolute atomic E-state index is 0.643. The maximum absolute atomic E-state index is 6.23. The largest absolute Gasteiger partial charge is 0.305 e. The molecule has 2 rings (SSSR count). The monoisotopic (exact) mass is 345 g/mol. The first-order valence-corrected chi connectivity index (χ1v) is 7.97. The summed E-state index contributed by atoms with van der Waals surface area (Å²) in [5.41, 5.74) is 1.18. The third-order valence-electron chi connectivity index (χ3n) is 2.62. The number of rotatable bonds is 4. The van der Waals surface area contributed by atoms with Crippen molar-refractivity contribution in [1.29, 1.82) is 0 Å². The van der Waals surface area contributed by atoms with Crippen molar-refractivity contribution in [2.45, 2.75) is 16.3 Å². The number of benzene rings is 2. The number of halogens is 3. The summed E-state index contributed by atoms with van der Waals surface area (Å²) in [6, 6.07) is 11.4. The lowest BCUT2D eigenvalue weighted by Gasteiger charge is -2.15. The lowest BCUT2D eigenvalue weighted by molar-refractivity contribution is 0.399. The molecular weight excluding hydrogens is 333 g/mol. The van der Waals surface area contributed by atoms with Gasteiger partial charge in [0.1, 0.15) is 0 Å². The Hall–Kier alpha value is -0.380. The summed E-state index contributed by atoms with van der Waals surface area (Å²) in [5, 5.41) is 2.05. The first-order valence-electron chi connectivity index (χ1n) is 6.02. The van der Waals surface area contributed by atoms with Crippen LogP contribution >= 0.6 is 46.6 Å². The normalized spacial score (nSPS) is 11.1. The van der Waals surface area contributed by atoms with Gasteiger partial charge in [-0.1, -0.05) is 46.6 Å². The molecule has 20 heavy (non-hydrogen) atoms. The zero-order valence-electron chi connectivity index (χ0n) is 11.2. The molecule has 0 spiro atoms. The molecule has 0 amide bonds. The summed E-state index contributed by atoms with van der Waals surface area (Å²) in [6.07, 6.45) is 0. The molecule has 0 saturated carbocycles. The third-order valence-corrected chi connectivity index (χ3v) is 4.71. The Balaban J connectivity index is 2.32. The van der Waals surface area contributed by atoms with Crippen molar-refractivity contribution in [2.75, 3.05) is 14.1 Å². The highest BCUT2D eigenvalue weighted by molar-refractivity contribution is 7.99. The van der Waals surface area contributed by atoms with Crippen LogP contribution in [0.3, 0.4) is 0 Å². The van der Waals surface area contributed by atoms with Crippen molar-refractivity contribution >= 4 is 46.6 Å². The molecule has 0 aromatic heterocycles. The lowest BCUT2D eigenvalue weighted by Crippen LogP contribution is -2.11. The molecule has 1 nitrogen and oxygen atoms in total. The number of nitrogens with zero attached hydrogens (tertiary/aromatic N) is 1. The Labute approximate surface area is 138 Å². The van der Waals surface area contributed by atoms with E-state index in [1.165, 1.54) is 5.56 Å². The third kappa shape index (κ3) is 4.31. The summed E-state index contributed by atoms with van der Waals surface area (Å²) in [4.78, 5) is 4.24. The van der Waals surface area contributed by atoms with Gasteiger partial charge in [-0.05, 0) is 56.1 Å². The fourth-order valence-corrected chi connectivity index (χ4v) is 3.43. The van der Waals surface area contributed by atoms with E-state index in [2.05, 4.69) is 4.90 Å². The van der Waals surface area contributed by atoms with Gasteiger partial charge >= 0.3 is 0 Å². The van der Waals surface area contributed by atoms with Gasteiger partial charge in [0.15, 0.2) is 0 Å². The predicted octanol–water partition coefficient (Wildman–Crippen LogP) is 5.86. The fraction of sp³-hybridized carbons (Fsp3) is 0.200. The Bertz CT molecular complexity index is 614. The van der Waals surface area contributed by atoms with Gasteiger partial charge in [-0.15, -0.1) is 0 Å². The van der Waals surface area contributed by atoms with Crippen LogP contribution in [0.15, 0.2) is 46.2 Å². The van der Waals surface area contributed by atoms with E-state index in [4.69, 9.17) is 34.8 Å². The molecule has 0 N–H and O–H groups in total. The highest BCUT2D eigenvalue weighted by atomic mass is 35.5. The van der Waals surface area contributed by atoms with Crippen molar-refractivity contribution in [3.05, 3.63) is 57.0 Å². The van der Waals surface area contributed by atoms with Gasteiger partial charge in [0.05, 0.1) is 5.02 Å². The quantitative estimate of drug-likeness (QED) is 0.682. The van der Waals surface area contributed by atoms with Gasteiger partial charge < -0.3 is 4.90 Å². The summed E-state index contributed by atoms with van der Waals surface area (Å²) in [7, 11) is 4.06. The minimum atomic E-state index is 0.643. The van der Waals surface area contributed by atoms with Crippen molar-refractivity contribution < 1.29 is 0 Å². The van der Waals surface area contributed by atoms with Crippen LogP contribution in [0.4, 0.5) is 0 Å². The van der Waals surface area contributed by atoms with Gasteiger partial charge in [-0.25, -0.2) is 0 Å². The summed E-state index contributed by atoms with van der Waals surface area (Å²) >= 11 is 19.9. The first kappa shape index (κ1) is 16.0. The maximum Gasteiger partial charge on any atom is 0.0560 e. The van der Waals surface area contributed by atoms with Crippen LogP contribution in [0.25, 0.3) is 0 Å². The van der Waals surface area contributed by atoms with Crippen LogP contribution in [0.5, 0.6) is 0 Å². The average molecular weight is 347 g/mol. The molecule has 0 heterocycles. The topological polar surface area (TPSA) is 3.24 Å². The zero-order chi connectivity index (χ0) is 14.7. The highest BCUT2D eigenvalue weighted by Gasteiger charge is 2.09. The zero-order valence-corrected chi connectivity index (χ0v) is 14.2. The van der Waals surface area contributed by atoms with Crippen LogP contribution in [0, 0.1) is 0 Å². The van der Waals surface area contributed by atoms with E-state index in [1.807, 2.05) is 44.4 Å². The van der Waals surface area contributed by atoms with E-state index in [0.717, 1.165) is 21.4 Å². The summed E-state index contributed by atoms with van der Waals surface area (Å²) in [5.74, 6) is 0. The molecule has 0 aliphatic carbocycles. The predicted molar refractivity (Wildman–Crippen MR) is 89.4 cm³/mol.